The molecule has 19 heavy (non-hydrogen) atoms. The minimum atomic E-state index is 0.488. The molecule has 1 atom stereocenters. The summed E-state index contributed by atoms with van der Waals surface area (Å²) in [5.74, 6) is 1.79. The fraction of sp³-hybridized carbons (Fsp3) is 0.250. The van der Waals surface area contributed by atoms with Crippen molar-refractivity contribution in [2.75, 3.05) is 0 Å². The van der Waals surface area contributed by atoms with Crippen molar-refractivity contribution in [3.05, 3.63) is 53.7 Å². The molecule has 0 saturated carbocycles. The van der Waals surface area contributed by atoms with E-state index in [1.807, 2.05) is 12.1 Å². The topological polar surface area (TPSA) is 39.2 Å². The zero-order valence-electron chi connectivity index (χ0n) is 11.2. The predicted molar refractivity (Wildman–Crippen MR) is 74.8 cm³/mol. The molecule has 0 amide bonds. The Bertz CT molecular complexity index is 532. The number of ether oxygens (including phenoxy) is 1. The maximum Gasteiger partial charge on any atom is 0.219 e. The molecule has 98 valence electrons. The fourth-order valence-electron chi connectivity index (χ4n) is 1.74. The Morgan fingerprint density at radius 3 is 2.47 bits per heavy atom. The molecule has 0 spiro atoms. The third-order valence-electron chi connectivity index (χ3n) is 3.18. The van der Waals surface area contributed by atoms with Crippen LogP contribution in [0.1, 0.15) is 42.1 Å². The first-order valence-corrected chi connectivity index (χ1v) is 6.42. The van der Waals surface area contributed by atoms with Crippen LogP contribution < -0.4 is 4.74 Å². The molecule has 0 N–H and O–H groups in total. The third-order valence-corrected chi connectivity index (χ3v) is 3.18. The maximum absolute atomic E-state index is 10.5. The summed E-state index contributed by atoms with van der Waals surface area (Å²) in [5.41, 5.74) is 1.85. The highest BCUT2D eigenvalue weighted by atomic mass is 16.5. The van der Waals surface area contributed by atoms with Crippen LogP contribution in [0, 0.1) is 0 Å². The van der Waals surface area contributed by atoms with Crippen LogP contribution in [-0.2, 0) is 0 Å². The summed E-state index contributed by atoms with van der Waals surface area (Å²) in [4.78, 5) is 14.6. The summed E-state index contributed by atoms with van der Waals surface area (Å²) >= 11 is 0. The Labute approximate surface area is 113 Å². The predicted octanol–water partition coefficient (Wildman–Crippen LogP) is 4.20. The second-order valence-corrected chi connectivity index (χ2v) is 4.53. The number of hydrogen-bond donors (Lipinski definition) is 0. The summed E-state index contributed by atoms with van der Waals surface area (Å²) < 4.78 is 5.62. The summed E-state index contributed by atoms with van der Waals surface area (Å²) in [6.45, 7) is 4.38. The quantitative estimate of drug-likeness (QED) is 0.752. The molecule has 1 unspecified atom stereocenters. The van der Waals surface area contributed by atoms with Gasteiger partial charge < -0.3 is 4.74 Å². The van der Waals surface area contributed by atoms with Crippen molar-refractivity contribution in [3.63, 3.8) is 0 Å². The molecule has 0 aliphatic carbocycles. The molecular formula is C16H17NO2. The van der Waals surface area contributed by atoms with Crippen LogP contribution in [0.5, 0.6) is 11.6 Å². The Morgan fingerprint density at radius 2 is 1.95 bits per heavy atom. The molecule has 0 aliphatic rings. The van der Waals surface area contributed by atoms with Crippen LogP contribution in [0.25, 0.3) is 0 Å². The molecular weight excluding hydrogens is 238 g/mol. The van der Waals surface area contributed by atoms with Crippen LogP contribution in [0.4, 0.5) is 0 Å². The molecule has 0 fully saturated rings. The van der Waals surface area contributed by atoms with E-state index < -0.39 is 0 Å². The second-order valence-electron chi connectivity index (χ2n) is 4.53. The van der Waals surface area contributed by atoms with Gasteiger partial charge in [-0.15, -0.1) is 0 Å². The number of rotatable bonds is 5. The molecule has 1 aromatic carbocycles. The number of benzene rings is 1. The van der Waals surface area contributed by atoms with Crippen molar-refractivity contribution in [3.8, 4) is 11.6 Å². The number of carbonyl (C=O) groups is 1. The summed E-state index contributed by atoms with van der Waals surface area (Å²) in [7, 11) is 0. The lowest BCUT2D eigenvalue weighted by molar-refractivity contribution is 0.112. The summed E-state index contributed by atoms with van der Waals surface area (Å²) in [5, 5.41) is 0. The number of aromatic nitrogens is 1. The normalized spacial score (nSPS) is 11.9. The first kappa shape index (κ1) is 13.3. The highest BCUT2D eigenvalue weighted by Crippen LogP contribution is 2.24. The smallest absolute Gasteiger partial charge is 0.219 e. The second kappa shape index (κ2) is 6.14. The molecule has 2 aromatic rings. The molecule has 2 rings (SSSR count). The highest BCUT2D eigenvalue weighted by Gasteiger charge is 2.04. The van der Waals surface area contributed by atoms with Gasteiger partial charge in [-0.25, -0.2) is 4.98 Å². The molecule has 0 saturated heterocycles. The lowest BCUT2D eigenvalue weighted by Crippen LogP contribution is -1.92. The largest absolute Gasteiger partial charge is 0.439 e. The highest BCUT2D eigenvalue weighted by molar-refractivity contribution is 5.74. The van der Waals surface area contributed by atoms with E-state index in [0.29, 0.717) is 17.4 Å². The van der Waals surface area contributed by atoms with E-state index in [-0.39, 0.29) is 0 Å². The van der Waals surface area contributed by atoms with Gasteiger partial charge in [0.05, 0.1) is 0 Å². The third kappa shape index (κ3) is 3.41. The van der Waals surface area contributed by atoms with Crippen LogP contribution in [-0.4, -0.2) is 11.3 Å². The van der Waals surface area contributed by atoms with Crippen molar-refractivity contribution >= 4 is 6.29 Å². The molecule has 1 heterocycles. The zero-order valence-corrected chi connectivity index (χ0v) is 11.2. The van der Waals surface area contributed by atoms with Crippen LogP contribution >= 0.6 is 0 Å². The van der Waals surface area contributed by atoms with Gasteiger partial charge in [-0.3, -0.25) is 4.79 Å². The molecule has 3 heteroatoms. The number of aldehydes is 1. The Kier molecular flexibility index (Phi) is 4.29. The summed E-state index contributed by atoms with van der Waals surface area (Å²) in [6.07, 6.45) is 3.38. The first-order valence-electron chi connectivity index (χ1n) is 6.42. The fourth-order valence-corrected chi connectivity index (χ4v) is 1.74. The van der Waals surface area contributed by atoms with Crippen molar-refractivity contribution in [2.24, 2.45) is 0 Å². The number of nitrogens with zero attached hydrogens (tertiary/aromatic N) is 1. The van der Waals surface area contributed by atoms with Crippen molar-refractivity contribution in [1.29, 1.82) is 0 Å². The van der Waals surface area contributed by atoms with E-state index in [1.165, 1.54) is 11.8 Å². The lowest BCUT2D eigenvalue weighted by Gasteiger charge is -2.10. The minimum absolute atomic E-state index is 0.488. The van der Waals surface area contributed by atoms with E-state index in [9.17, 15) is 4.79 Å². The van der Waals surface area contributed by atoms with E-state index in [1.54, 1.807) is 12.1 Å². The van der Waals surface area contributed by atoms with Crippen molar-refractivity contribution in [1.82, 2.24) is 4.98 Å². The standard InChI is InChI=1S/C16H17NO2/c1-3-12(2)14-5-7-15(8-6-14)19-16-9-4-13(11-18)10-17-16/h4-12H,3H2,1-2H3. The van der Waals surface area contributed by atoms with Gasteiger partial charge in [-0.2, -0.15) is 0 Å². The number of pyridine rings is 1. The molecule has 0 aliphatic heterocycles. The van der Waals surface area contributed by atoms with Crippen LogP contribution in [0.2, 0.25) is 0 Å². The van der Waals surface area contributed by atoms with E-state index in [0.717, 1.165) is 18.5 Å². The van der Waals surface area contributed by atoms with Crippen LogP contribution in [0.3, 0.4) is 0 Å². The van der Waals surface area contributed by atoms with Gasteiger partial charge in [0.1, 0.15) is 5.75 Å². The van der Waals surface area contributed by atoms with Gasteiger partial charge in [-0.05, 0) is 36.1 Å². The maximum atomic E-state index is 10.5. The average molecular weight is 255 g/mol. The van der Waals surface area contributed by atoms with Gasteiger partial charge in [0.25, 0.3) is 0 Å². The Morgan fingerprint density at radius 1 is 1.21 bits per heavy atom. The zero-order chi connectivity index (χ0) is 13.7. The van der Waals surface area contributed by atoms with Crippen molar-refractivity contribution in [2.45, 2.75) is 26.2 Å². The van der Waals surface area contributed by atoms with E-state index in [4.69, 9.17) is 4.74 Å². The lowest BCUT2D eigenvalue weighted by atomic mass is 9.99. The van der Waals surface area contributed by atoms with Gasteiger partial charge in [0.15, 0.2) is 6.29 Å². The average Bonchev–Trinajstić information content (AvgIpc) is 2.48. The van der Waals surface area contributed by atoms with Gasteiger partial charge in [0, 0.05) is 17.8 Å². The summed E-state index contributed by atoms with van der Waals surface area (Å²) in [6, 6.07) is 11.4. The molecule has 3 nitrogen and oxygen atoms in total. The van der Waals surface area contributed by atoms with Crippen molar-refractivity contribution < 1.29 is 9.53 Å². The molecule has 0 radical (unpaired) electrons. The monoisotopic (exact) mass is 255 g/mol. The Hall–Kier alpha value is -2.16. The van der Waals surface area contributed by atoms with Gasteiger partial charge in [-0.1, -0.05) is 26.0 Å². The molecule has 1 aromatic heterocycles. The molecule has 0 bridgehead atoms. The van der Waals surface area contributed by atoms with E-state index >= 15 is 0 Å². The minimum Gasteiger partial charge on any atom is -0.439 e. The SMILES string of the molecule is CCC(C)c1ccc(Oc2ccc(C=O)cn2)cc1. The number of carbonyl (C=O) groups excluding carboxylic acids is 1. The van der Waals surface area contributed by atoms with Gasteiger partial charge in [0.2, 0.25) is 5.88 Å². The van der Waals surface area contributed by atoms with Crippen LogP contribution in [0.15, 0.2) is 42.6 Å². The number of hydrogen-bond acceptors (Lipinski definition) is 3. The Balaban J connectivity index is 2.08. The van der Waals surface area contributed by atoms with Gasteiger partial charge >= 0.3 is 0 Å². The van der Waals surface area contributed by atoms with E-state index in [2.05, 4.69) is 31.0 Å². The first-order chi connectivity index (χ1) is 9.22.